The van der Waals surface area contributed by atoms with Crippen molar-refractivity contribution in [3.63, 3.8) is 0 Å². The van der Waals surface area contributed by atoms with Crippen LogP contribution in [0.5, 0.6) is 0 Å². The van der Waals surface area contributed by atoms with Crippen LogP contribution < -0.4 is 10.8 Å². The first-order valence-electron chi connectivity index (χ1n) is 8.31. The minimum atomic E-state index is -0.480. The molecule has 5 atom stereocenters. The van der Waals surface area contributed by atoms with Crippen LogP contribution in [0.3, 0.4) is 0 Å². The fourth-order valence-corrected chi connectivity index (χ4v) is 5.39. The molecule has 5 unspecified atom stereocenters. The number of aliphatic hydroxyl groups is 1. The van der Waals surface area contributed by atoms with Gasteiger partial charge in [-0.05, 0) is 49.7 Å². The quantitative estimate of drug-likeness (QED) is 0.651. The molecule has 4 aliphatic carbocycles. The van der Waals surface area contributed by atoms with Crippen molar-refractivity contribution in [2.45, 2.75) is 37.3 Å². The first-order chi connectivity index (χ1) is 11.2. The maximum absolute atomic E-state index is 10.9. The molecule has 0 aliphatic heterocycles. The molecule has 0 radical (unpaired) electrons. The van der Waals surface area contributed by atoms with Gasteiger partial charge in [-0.25, -0.2) is 4.98 Å². The van der Waals surface area contributed by atoms with E-state index in [9.17, 15) is 10.3 Å². The molecule has 23 heavy (non-hydrogen) atoms. The summed E-state index contributed by atoms with van der Waals surface area (Å²) in [7, 11) is 0. The number of nitrogens with one attached hydrogen (secondary N) is 2. The highest BCUT2D eigenvalue weighted by Crippen LogP contribution is 2.60. The molecular weight excluding hydrogens is 292 g/mol. The van der Waals surface area contributed by atoms with Gasteiger partial charge in [0.15, 0.2) is 5.82 Å². The lowest BCUT2D eigenvalue weighted by molar-refractivity contribution is 0.00989. The molecule has 0 spiro atoms. The molecule has 4 N–H and O–H groups in total. The molecule has 4 saturated carbocycles. The topological polar surface area (TPSA) is 90.3 Å². The summed E-state index contributed by atoms with van der Waals surface area (Å²) in [6, 6.07) is 5.85. The monoisotopic (exact) mass is 312 g/mol. The van der Waals surface area contributed by atoms with Crippen LogP contribution in [-0.4, -0.2) is 31.9 Å². The van der Waals surface area contributed by atoms with Crippen LogP contribution >= 0.6 is 0 Å². The highest BCUT2D eigenvalue weighted by Gasteiger charge is 2.62. The highest BCUT2D eigenvalue weighted by atomic mass is 16.5. The third-order valence-corrected chi connectivity index (χ3v) is 6.13. The molecule has 6 rings (SSSR count). The van der Waals surface area contributed by atoms with E-state index in [-0.39, 0.29) is 6.04 Å². The second-order valence-electron chi connectivity index (χ2n) is 7.42. The Bertz CT molecular complexity index is 782. The summed E-state index contributed by atoms with van der Waals surface area (Å²) in [5.74, 6) is 2.63. The van der Waals surface area contributed by atoms with E-state index in [2.05, 4.69) is 20.8 Å². The fourth-order valence-electron chi connectivity index (χ4n) is 5.39. The number of anilines is 2. The second kappa shape index (κ2) is 4.55. The van der Waals surface area contributed by atoms with Gasteiger partial charge in [-0.2, -0.15) is 0 Å². The van der Waals surface area contributed by atoms with Crippen molar-refractivity contribution in [1.82, 2.24) is 9.97 Å². The molecule has 4 fully saturated rings. The van der Waals surface area contributed by atoms with Crippen LogP contribution in [0.25, 0.3) is 10.9 Å². The Morgan fingerprint density at radius 2 is 2.17 bits per heavy atom. The van der Waals surface area contributed by atoms with Crippen LogP contribution in [0.1, 0.15) is 25.7 Å². The smallest absolute Gasteiger partial charge is 0.154 e. The first-order valence-corrected chi connectivity index (χ1v) is 8.31. The molecule has 0 aromatic carbocycles. The maximum atomic E-state index is 10.9. The van der Waals surface area contributed by atoms with E-state index in [4.69, 9.17) is 0 Å². The van der Waals surface area contributed by atoms with Gasteiger partial charge < -0.3 is 10.4 Å². The molecule has 0 saturated heterocycles. The third-order valence-electron chi connectivity index (χ3n) is 6.13. The van der Waals surface area contributed by atoms with Gasteiger partial charge in [-0.3, -0.25) is 15.7 Å². The summed E-state index contributed by atoms with van der Waals surface area (Å²) in [6.07, 6.45) is 5.90. The zero-order chi connectivity index (χ0) is 15.6. The van der Waals surface area contributed by atoms with Crippen molar-refractivity contribution in [2.75, 3.05) is 10.8 Å². The van der Waals surface area contributed by atoms with Gasteiger partial charge in [0.1, 0.15) is 5.82 Å². The largest absolute Gasteiger partial charge is 0.389 e. The number of aromatic nitrogens is 2. The van der Waals surface area contributed by atoms with Crippen LogP contribution in [0.15, 0.2) is 24.4 Å². The number of pyridine rings is 2. The first kappa shape index (κ1) is 13.5. The minimum absolute atomic E-state index is 0.253. The van der Waals surface area contributed by atoms with E-state index in [1.165, 1.54) is 6.42 Å². The molecule has 6 nitrogen and oxygen atoms in total. The Kier molecular flexibility index (Phi) is 2.67. The Morgan fingerprint density at radius 3 is 3.00 bits per heavy atom. The van der Waals surface area contributed by atoms with E-state index in [1.54, 1.807) is 12.3 Å². The summed E-state index contributed by atoms with van der Waals surface area (Å²) in [5, 5.41) is 24.6. The molecule has 0 amide bonds. The van der Waals surface area contributed by atoms with Gasteiger partial charge in [0.05, 0.1) is 11.1 Å². The van der Waals surface area contributed by atoms with E-state index in [0.717, 1.165) is 36.0 Å². The SMILES string of the molecule is ONc1cc2ncccc2c(NC2C3CC4CC2C(O)(C4)C3)n1. The number of rotatable bonds is 3. The lowest BCUT2D eigenvalue weighted by atomic mass is 9.79. The predicted molar refractivity (Wildman–Crippen MR) is 86.2 cm³/mol. The Morgan fingerprint density at radius 1 is 1.26 bits per heavy atom. The van der Waals surface area contributed by atoms with Crippen LogP contribution in [-0.2, 0) is 0 Å². The van der Waals surface area contributed by atoms with Crippen molar-refractivity contribution < 1.29 is 10.3 Å². The predicted octanol–water partition coefficient (Wildman–Crippen LogP) is 2.39. The lowest BCUT2D eigenvalue weighted by Gasteiger charge is -2.32. The Balaban J connectivity index is 1.55. The Hall–Kier alpha value is -1.92. The van der Waals surface area contributed by atoms with Crippen molar-refractivity contribution in [2.24, 2.45) is 17.8 Å². The fraction of sp³-hybridized carbons (Fsp3) is 0.529. The van der Waals surface area contributed by atoms with Gasteiger partial charge in [0, 0.05) is 29.6 Å². The highest BCUT2D eigenvalue weighted by molar-refractivity contribution is 5.91. The van der Waals surface area contributed by atoms with E-state index < -0.39 is 5.60 Å². The van der Waals surface area contributed by atoms with Gasteiger partial charge in [-0.15, -0.1) is 0 Å². The lowest BCUT2D eigenvalue weighted by Crippen LogP contribution is -2.37. The van der Waals surface area contributed by atoms with Crippen LogP contribution in [0, 0.1) is 17.8 Å². The summed E-state index contributed by atoms with van der Waals surface area (Å²) in [5.41, 5.74) is 2.42. The van der Waals surface area contributed by atoms with Crippen molar-refractivity contribution in [3.8, 4) is 0 Å². The normalized spacial score (nSPS) is 37.5. The number of hydrogen-bond donors (Lipinski definition) is 4. The zero-order valence-corrected chi connectivity index (χ0v) is 12.7. The van der Waals surface area contributed by atoms with E-state index in [0.29, 0.717) is 23.6 Å². The molecule has 4 aliphatic rings. The van der Waals surface area contributed by atoms with E-state index >= 15 is 0 Å². The minimum Gasteiger partial charge on any atom is -0.389 e. The summed E-state index contributed by atoms with van der Waals surface area (Å²) >= 11 is 0. The maximum Gasteiger partial charge on any atom is 0.154 e. The standard InChI is InChI=1S/C17H20N4O2/c22-17-7-9-4-10(8-17)15(12(17)5-9)20-16-11-2-1-3-18-13(11)6-14(19-16)21-23/h1-3,6,9-10,12,15,22-23H,4-5,7-8H2,(H2,19,20,21). The molecule has 2 heterocycles. The van der Waals surface area contributed by atoms with Crippen LogP contribution in [0.4, 0.5) is 11.6 Å². The number of hydrogen-bond acceptors (Lipinski definition) is 6. The number of nitrogens with zero attached hydrogens (tertiary/aromatic N) is 2. The van der Waals surface area contributed by atoms with Gasteiger partial charge in [0.25, 0.3) is 0 Å². The molecule has 120 valence electrons. The summed E-state index contributed by atoms with van der Waals surface area (Å²) < 4.78 is 0. The Labute approximate surface area is 133 Å². The molecule has 4 bridgehead atoms. The van der Waals surface area contributed by atoms with Gasteiger partial charge in [0.2, 0.25) is 0 Å². The van der Waals surface area contributed by atoms with Crippen molar-refractivity contribution in [3.05, 3.63) is 24.4 Å². The van der Waals surface area contributed by atoms with Crippen molar-refractivity contribution >= 4 is 22.5 Å². The molecular formula is C17H20N4O2. The third kappa shape index (κ3) is 1.88. The summed E-state index contributed by atoms with van der Waals surface area (Å²) in [4.78, 5) is 8.83. The van der Waals surface area contributed by atoms with E-state index in [1.807, 2.05) is 12.1 Å². The molecule has 6 heteroatoms. The number of fused-ring (bicyclic) bond motifs is 1. The van der Waals surface area contributed by atoms with Crippen LogP contribution in [0.2, 0.25) is 0 Å². The molecule has 2 aromatic heterocycles. The average molecular weight is 312 g/mol. The second-order valence-corrected chi connectivity index (χ2v) is 7.42. The zero-order valence-electron chi connectivity index (χ0n) is 12.7. The average Bonchev–Trinajstić information content (AvgIpc) is 2.89. The van der Waals surface area contributed by atoms with Gasteiger partial charge in [-0.1, -0.05) is 0 Å². The summed E-state index contributed by atoms with van der Waals surface area (Å²) in [6.45, 7) is 0. The van der Waals surface area contributed by atoms with Gasteiger partial charge >= 0.3 is 0 Å². The molecule has 2 aromatic rings. The van der Waals surface area contributed by atoms with Crippen molar-refractivity contribution in [1.29, 1.82) is 0 Å².